The lowest BCUT2D eigenvalue weighted by Crippen LogP contribution is -2.18. The minimum Gasteiger partial charge on any atom is -0.238 e. The van der Waals surface area contributed by atoms with E-state index in [9.17, 15) is 0 Å². The van der Waals surface area contributed by atoms with Crippen LogP contribution in [0.15, 0.2) is 6.33 Å². The molecule has 0 aliphatic carbocycles. The third kappa shape index (κ3) is 2.85. The molecule has 1 aromatic heterocycles. The summed E-state index contributed by atoms with van der Waals surface area (Å²) in [5, 5.41) is 4.24. The van der Waals surface area contributed by atoms with Gasteiger partial charge in [-0.25, -0.2) is 9.67 Å². The van der Waals surface area contributed by atoms with E-state index in [1.165, 1.54) is 0 Å². The molecule has 3 nitrogen and oxygen atoms in total. The van der Waals surface area contributed by atoms with Crippen LogP contribution in [0, 0.1) is 0 Å². The molecule has 0 saturated heterocycles. The Morgan fingerprint density at radius 1 is 1.54 bits per heavy atom. The standard InChI is InChI=1S/C8H14ClN3.ClH/c1-4-8(2,3)7-10-6-12(5-9)11-7;/h6H,4-5H2,1-3H3;1H. The Kier molecular flexibility index (Phi) is 4.71. The molecule has 0 aliphatic rings. The zero-order chi connectivity index (χ0) is 9.19. The lowest BCUT2D eigenvalue weighted by molar-refractivity contribution is 0.469. The molecule has 5 heteroatoms. The Morgan fingerprint density at radius 3 is 2.54 bits per heavy atom. The summed E-state index contributed by atoms with van der Waals surface area (Å²) in [5.74, 6) is 0.866. The lowest BCUT2D eigenvalue weighted by Gasteiger charge is -2.17. The maximum atomic E-state index is 5.59. The molecule has 76 valence electrons. The number of hydrogen-bond acceptors (Lipinski definition) is 2. The molecule has 13 heavy (non-hydrogen) atoms. The van der Waals surface area contributed by atoms with Crippen LogP contribution in [0.5, 0.6) is 0 Å². The molecule has 1 rings (SSSR count). The van der Waals surface area contributed by atoms with Gasteiger partial charge in [-0.15, -0.1) is 24.0 Å². The SMILES string of the molecule is CCC(C)(C)c1ncn(CCl)n1.Cl. The minimum absolute atomic E-state index is 0. The molecule has 0 radical (unpaired) electrons. The molecule has 0 aliphatic heterocycles. The van der Waals surface area contributed by atoms with E-state index in [2.05, 4.69) is 30.9 Å². The quantitative estimate of drug-likeness (QED) is 0.739. The second-order valence-electron chi connectivity index (χ2n) is 3.46. The van der Waals surface area contributed by atoms with Crippen molar-refractivity contribution in [1.29, 1.82) is 0 Å². The summed E-state index contributed by atoms with van der Waals surface area (Å²) in [4.78, 5) is 4.20. The topological polar surface area (TPSA) is 30.7 Å². The van der Waals surface area contributed by atoms with Gasteiger partial charge < -0.3 is 0 Å². The molecule has 0 saturated carbocycles. The van der Waals surface area contributed by atoms with Crippen molar-refractivity contribution in [2.24, 2.45) is 0 Å². The highest BCUT2D eigenvalue weighted by Crippen LogP contribution is 2.22. The Hall–Kier alpha value is -0.280. The molecule has 0 fully saturated rings. The fraction of sp³-hybridized carbons (Fsp3) is 0.750. The largest absolute Gasteiger partial charge is 0.238 e. The second kappa shape index (κ2) is 4.82. The molecule has 0 unspecified atom stereocenters. The van der Waals surface area contributed by atoms with Crippen molar-refractivity contribution in [2.45, 2.75) is 38.6 Å². The van der Waals surface area contributed by atoms with E-state index < -0.39 is 0 Å². The third-order valence-corrected chi connectivity index (χ3v) is 2.39. The van der Waals surface area contributed by atoms with E-state index in [0.29, 0.717) is 6.00 Å². The molecular formula is C8H15Cl2N3. The van der Waals surface area contributed by atoms with E-state index >= 15 is 0 Å². The summed E-state index contributed by atoms with van der Waals surface area (Å²) in [6.07, 6.45) is 2.69. The number of nitrogens with zero attached hydrogens (tertiary/aromatic N) is 3. The normalized spacial score (nSPS) is 11.1. The summed E-state index contributed by atoms with van der Waals surface area (Å²) in [6.45, 7) is 6.38. The third-order valence-electron chi connectivity index (χ3n) is 2.15. The molecule has 0 spiro atoms. The Labute approximate surface area is 89.9 Å². The first-order valence-corrected chi connectivity index (χ1v) is 4.59. The van der Waals surface area contributed by atoms with E-state index in [1.807, 2.05) is 0 Å². The molecule has 0 N–H and O–H groups in total. The second-order valence-corrected chi connectivity index (χ2v) is 3.70. The van der Waals surface area contributed by atoms with Gasteiger partial charge in [-0.1, -0.05) is 20.8 Å². The van der Waals surface area contributed by atoms with Crippen LogP contribution in [-0.4, -0.2) is 14.8 Å². The van der Waals surface area contributed by atoms with Gasteiger partial charge in [-0.05, 0) is 6.42 Å². The monoisotopic (exact) mass is 223 g/mol. The van der Waals surface area contributed by atoms with Gasteiger partial charge in [0.15, 0.2) is 5.82 Å². The van der Waals surface area contributed by atoms with Crippen LogP contribution in [0.2, 0.25) is 0 Å². The van der Waals surface area contributed by atoms with Crippen molar-refractivity contribution in [3.8, 4) is 0 Å². The zero-order valence-corrected chi connectivity index (χ0v) is 9.69. The Bertz CT molecular complexity index is 258. The highest BCUT2D eigenvalue weighted by molar-refractivity contribution is 6.15. The maximum Gasteiger partial charge on any atom is 0.156 e. The van der Waals surface area contributed by atoms with Crippen LogP contribution in [-0.2, 0) is 11.4 Å². The minimum atomic E-state index is 0. The van der Waals surface area contributed by atoms with E-state index in [4.69, 9.17) is 11.6 Å². The number of rotatable bonds is 3. The van der Waals surface area contributed by atoms with Crippen molar-refractivity contribution in [3.05, 3.63) is 12.2 Å². The fourth-order valence-corrected chi connectivity index (χ4v) is 0.936. The van der Waals surface area contributed by atoms with Gasteiger partial charge in [0.25, 0.3) is 0 Å². The highest BCUT2D eigenvalue weighted by Gasteiger charge is 2.22. The lowest BCUT2D eigenvalue weighted by atomic mass is 9.90. The average molecular weight is 224 g/mol. The summed E-state index contributed by atoms with van der Waals surface area (Å²) in [7, 11) is 0. The fourth-order valence-electron chi connectivity index (χ4n) is 0.820. The first-order valence-electron chi connectivity index (χ1n) is 4.06. The molecule has 1 heterocycles. The first-order chi connectivity index (χ1) is 5.60. The Morgan fingerprint density at radius 2 is 2.15 bits per heavy atom. The summed E-state index contributed by atoms with van der Waals surface area (Å²) in [5.41, 5.74) is 0.0529. The van der Waals surface area contributed by atoms with Crippen LogP contribution < -0.4 is 0 Å². The highest BCUT2D eigenvalue weighted by atomic mass is 35.5. The van der Waals surface area contributed by atoms with Gasteiger partial charge in [0.05, 0.1) is 0 Å². The van der Waals surface area contributed by atoms with Crippen LogP contribution in [0.25, 0.3) is 0 Å². The molecule has 0 aromatic carbocycles. The van der Waals surface area contributed by atoms with E-state index in [-0.39, 0.29) is 17.8 Å². The van der Waals surface area contributed by atoms with Gasteiger partial charge in [-0.3, -0.25) is 0 Å². The molecule has 0 bridgehead atoms. The van der Waals surface area contributed by atoms with Crippen molar-refractivity contribution >= 4 is 24.0 Å². The van der Waals surface area contributed by atoms with Gasteiger partial charge in [0.1, 0.15) is 12.3 Å². The summed E-state index contributed by atoms with van der Waals surface area (Å²) >= 11 is 5.59. The predicted molar refractivity (Wildman–Crippen MR) is 56.4 cm³/mol. The first kappa shape index (κ1) is 12.7. The van der Waals surface area contributed by atoms with Crippen molar-refractivity contribution in [1.82, 2.24) is 14.8 Å². The van der Waals surface area contributed by atoms with Crippen molar-refractivity contribution in [3.63, 3.8) is 0 Å². The molecule has 1 aromatic rings. The van der Waals surface area contributed by atoms with Crippen LogP contribution in [0.1, 0.15) is 33.0 Å². The number of halogens is 2. The average Bonchev–Trinajstić information content (AvgIpc) is 2.52. The Balaban J connectivity index is 0.00000144. The summed E-state index contributed by atoms with van der Waals surface area (Å²) in [6, 6.07) is 0.368. The number of alkyl halides is 1. The van der Waals surface area contributed by atoms with Crippen molar-refractivity contribution in [2.75, 3.05) is 0 Å². The van der Waals surface area contributed by atoms with Gasteiger partial charge in [0, 0.05) is 5.41 Å². The van der Waals surface area contributed by atoms with Crippen LogP contribution in [0.3, 0.4) is 0 Å². The smallest absolute Gasteiger partial charge is 0.156 e. The zero-order valence-electron chi connectivity index (χ0n) is 8.12. The van der Waals surface area contributed by atoms with Gasteiger partial charge in [-0.2, -0.15) is 5.10 Å². The van der Waals surface area contributed by atoms with Crippen molar-refractivity contribution < 1.29 is 0 Å². The number of hydrogen-bond donors (Lipinski definition) is 0. The van der Waals surface area contributed by atoms with Crippen LogP contribution >= 0.6 is 24.0 Å². The van der Waals surface area contributed by atoms with Crippen LogP contribution in [0.4, 0.5) is 0 Å². The number of aromatic nitrogens is 3. The van der Waals surface area contributed by atoms with E-state index in [1.54, 1.807) is 11.0 Å². The van der Waals surface area contributed by atoms with E-state index in [0.717, 1.165) is 12.2 Å². The van der Waals surface area contributed by atoms with Gasteiger partial charge in [0.2, 0.25) is 0 Å². The summed E-state index contributed by atoms with van der Waals surface area (Å²) < 4.78 is 1.63. The predicted octanol–water partition coefficient (Wildman–Crippen LogP) is 2.58. The molecular weight excluding hydrogens is 209 g/mol. The van der Waals surface area contributed by atoms with Gasteiger partial charge >= 0.3 is 0 Å². The molecule has 0 amide bonds. The molecule has 0 atom stereocenters. The maximum absolute atomic E-state index is 5.59.